The van der Waals surface area contributed by atoms with Crippen LogP contribution in [0.15, 0.2) is 60.9 Å². The average Bonchev–Trinajstić information content (AvgIpc) is 3.40. The lowest BCUT2D eigenvalue weighted by Crippen LogP contribution is -2.49. The molecular formula is C24H26N6O. The summed E-state index contributed by atoms with van der Waals surface area (Å²) < 4.78 is 3.71. The van der Waals surface area contributed by atoms with E-state index >= 15 is 0 Å². The molecule has 0 N–H and O–H groups in total. The molecule has 0 aliphatic carbocycles. The van der Waals surface area contributed by atoms with Gasteiger partial charge in [0.15, 0.2) is 0 Å². The molecule has 158 valence electrons. The standard InChI is InChI=1S/C24H26N6O/c1-17-6-8-18(9-7-17)19-10-11-20-23(25-26-30(20)15-19)22-16-29(14-13-28(22)3)24(31)21-5-4-12-27(21)2/h4-12,15,22H,13-14,16H2,1-3H3/t22-/m0/s1. The lowest BCUT2D eigenvalue weighted by atomic mass is 10.0. The van der Waals surface area contributed by atoms with Crippen LogP contribution in [0.3, 0.4) is 0 Å². The number of hydrogen-bond acceptors (Lipinski definition) is 4. The predicted molar refractivity (Wildman–Crippen MR) is 120 cm³/mol. The maximum atomic E-state index is 13.0. The van der Waals surface area contributed by atoms with Gasteiger partial charge in [0.25, 0.3) is 5.91 Å². The molecule has 1 aliphatic heterocycles. The van der Waals surface area contributed by atoms with Crippen molar-refractivity contribution in [1.29, 1.82) is 0 Å². The SMILES string of the molecule is Cc1ccc(-c2ccc3c([C@@H]4CN(C(=O)c5cccn5C)CCN4C)nnn3c2)cc1. The molecule has 7 heteroatoms. The first-order chi connectivity index (χ1) is 15.0. The predicted octanol–water partition coefficient (Wildman–Crippen LogP) is 3.17. The van der Waals surface area contributed by atoms with Crippen LogP contribution in [-0.4, -0.2) is 61.8 Å². The molecule has 1 atom stereocenters. The van der Waals surface area contributed by atoms with E-state index in [1.54, 1.807) is 0 Å². The van der Waals surface area contributed by atoms with E-state index in [1.807, 2.05) is 45.6 Å². The maximum Gasteiger partial charge on any atom is 0.270 e. The van der Waals surface area contributed by atoms with Gasteiger partial charge < -0.3 is 9.47 Å². The van der Waals surface area contributed by atoms with Crippen molar-refractivity contribution < 1.29 is 4.79 Å². The highest BCUT2D eigenvalue weighted by molar-refractivity contribution is 5.92. The first kappa shape index (κ1) is 19.5. The van der Waals surface area contributed by atoms with Crippen molar-refractivity contribution in [2.24, 2.45) is 7.05 Å². The summed E-state index contributed by atoms with van der Waals surface area (Å²) >= 11 is 0. The van der Waals surface area contributed by atoms with Gasteiger partial charge >= 0.3 is 0 Å². The number of rotatable bonds is 3. The fourth-order valence-corrected chi connectivity index (χ4v) is 4.27. The largest absolute Gasteiger partial charge is 0.347 e. The molecule has 0 radical (unpaired) electrons. The highest BCUT2D eigenvalue weighted by Gasteiger charge is 2.32. The van der Waals surface area contributed by atoms with Crippen molar-refractivity contribution >= 4 is 11.4 Å². The number of likely N-dealkylation sites (N-methyl/N-ethyl adjacent to an activating group) is 1. The van der Waals surface area contributed by atoms with Crippen molar-refractivity contribution in [2.45, 2.75) is 13.0 Å². The smallest absolute Gasteiger partial charge is 0.270 e. The molecule has 0 saturated carbocycles. The van der Waals surface area contributed by atoms with Crippen LogP contribution < -0.4 is 0 Å². The number of aryl methyl sites for hydroxylation is 2. The summed E-state index contributed by atoms with van der Waals surface area (Å²) in [6.45, 7) is 4.17. The Hall–Kier alpha value is -3.45. The normalized spacial score (nSPS) is 17.4. The summed E-state index contributed by atoms with van der Waals surface area (Å²) in [5, 5.41) is 8.92. The Balaban J connectivity index is 1.44. The second-order valence-corrected chi connectivity index (χ2v) is 8.34. The molecule has 1 aromatic carbocycles. The summed E-state index contributed by atoms with van der Waals surface area (Å²) in [5.74, 6) is 0.0590. The quantitative estimate of drug-likeness (QED) is 0.517. The molecule has 31 heavy (non-hydrogen) atoms. The van der Waals surface area contributed by atoms with Gasteiger partial charge in [0.2, 0.25) is 0 Å². The molecule has 7 nitrogen and oxygen atoms in total. The number of benzene rings is 1. The van der Waals surface area contributed by atoms with Crippen LogP contribution in [0.4, 0.5) is 0 Å². The lowest BCUT2D eigenvalue weighted by molar-refractivity contribution is 0.0533. The number of aromatic nitrogens is 4. The van der Waals surface area contributed by atoms with Gasteiger partial charge in [0.1, 0.15) is 11.4 Å². The molecule has 0 bridgehead atoms. The summed E-state index contributed by atoms with van der Waals surface area (Å²) in [6.07, 6.45) is 3.92. The van der Waals surface area contributed by atoms with Gasteiger partial charge in [-0.2, -0.15) is 0 Å². The van der Waals surface area contributed by atoms with E-state index in [4.69, 9.17) is 0 Å². The Kier molecular flexibility index (Phi) is 4.82. The zero-order valence-electron chi connectivity index (χ0n) is 18.1. The number of pyridine rings is 1. The summed E-state index contributed by atoms with van der Waals surface area (Å²) in [4.78, 5) is 17.2. The van der Waals surface area contributed by atoms with Gasteiger partial charge in [-0.25, -0.2) is 4.52 Å². The Bertz CT molecular complexity index is 1240. The van der Waals surface area contributed by atoms with Crippen LogP contribution in [0, 0.1) is 6.92 Å². The van der Waals surface area contributed by atoms with E-state index in [2.05, 4.69) is 65.6 Å². The summed E-state index contributed by atoms with van der Waals surface area (Å²) in [5.41, 5.74) is 6.07. The van der Waals surface area contributed by atoms with Gasteiger partial charge in [0, 0.05) is 44.6 Å². The Labute approximate surface area is 181 Å². The molecule has 1 fully saturated rings. The van der Waals surface area contributed by atoms with Gasteiger partial charge in [-0.05, 0) is 37.7 Å². The molecule has 0 unspecified atom stereocenters. The second kappa shape index (κ2) is 7.67. The second-order valence-electron chi connectivity index (χ2n) is 8.34. The number of nitrogens with zero attached hydrogens (tertiary/aromatic N) is 6. The van der Waals surface area contributed by atoms with Crippen LogP contribution in [0.2, 0.25) is 0 Å². The van der Waals surface area contributed by atoms with Crippen molar-refractivity contribution in [3.8, 4) is 11.1 Å². The van der Waals surface area contributed by atoms with Gasteiger partial charge in [-0.15, -0.1) is 5.10 Å². The third-order valence-electron chi connectivity index (χ3n) is 6.24. The Morgan fingerprint density at radius 2 is 1.77 bits per heavy atom. The highest BCUT2D eigenvalue weighted by atomic mass is 16.2. The third-order valence-corrected chi connectivity index (χ3v) is 6.24. The minimum absolute atomic E-state index is 0.000642. The van der Waals surface area contributed by atoms with Crippen molar-refractivity contribution in [3.05, 3.63) is 77.9 Å². The molecule has 0 spiro atoms. The first-order valence-corrected chi connectivity index (χ1v) is 10.5. The number of fused-ring (bicyclic) bond motifs is 1. The van der Waals surface area contributed by atoms with E-state index in [0.717, 1.165) is 28.9 Å². The van der Waals surface area contributed by atoms with Gasteiger partial charge in [0.05, 0.1) is 11.6 Å². The first-order valence-electron chi connectivity index (χ1n) is 10.5. The number of carbonyl (C=O) groups excluding carboxylic acids is 1. The van der Waals surface area contributed by atoms with Crippen LogP contribution in [0.5, 0.6) is 0 Å². The number of piperazine rings is 1. The number of amides is 1. The lowest BCUT2D eigenvalue weighted by Gasteiger charge is -2.38. The molecule has 4 aromatic rings. The summed E-state index contributed by atoms with van der Waals surface area (Å²) in [7, 11) is 3.99. The monoisotopic (exact) mass is 414 g/mol. The van der Waals surface area contributed by atoms with E-state index < -0.39 is 0 Å². The molecular weight excluding hydrogens is 388 g/mol. The number of carbonyl (C=O) groups is 1. The number of hydrogen-bond donors (Lipinski definition) is 0. The topological polar surface area (TPSA) is 58.7 Å². The van der Waals surface area contributed by atoms with Crippen LogP contribution in [-0.2, 0) is 7.05 Å². The molecule has 4 heterocycles. The van der Waals surface area contributed by atoms with Crippen molar-refractivity contribution in [3.63, 3.8) is 0 Å². The molecule has 1 aliphatic rings. The van der Waals surface area contributed by atoms with Crippen molar-refractivity contribution in [2.75, 3.05) is 26.7 Å². The highest BCUT2D eigenvalue weighted by Crippen LogP contribution is 2.28. The maximum absolute atomic E-state index is 13.0. The van der Waals surface area contributed by atoms with E-state index in [9.17, 15) is 4.79 Å². The summed E-state index contributed by atoms with van der Waals surface area (Å²) in [6, 6.07) is 16.4. The molecule has 1 saturated heterocycles. The van der Waals surface area contributed by atoms with Crippen molar-refractivity contribution in [1.82, 2.24) is 29.2 Å². The van der Waals surface area contributed by atoms with E-state index in [0.29, 0.717) is 18.8 Å². The van der Waals surface area contributed by atoms with E-state index in [1.165, 1.54) is 5.56 Å². The van der Waals surface area contributed by atoms with Gasteiger partial charge in [-0.3, -0.25) is 9.69 Å². The fraction of sp³-hybridized carbons (Fsp3) is 0.292. The third kappa shape index (κ3) is 3.51. The van der Waals surface area contributed by atoms with Crippen LogP contribution in [0.1, 0.15) is 27.8 Å². The fourth-order valence-electron chi connectivity index (χ4n) is 4.27. The molecule has 5 rings (SSSR count). The van der Waals surface area contributed by atoms with Crippen LogP contribution in [0.25, 0.3) is 16.6 Å². The van der Waals surface area contributed by atoms with E-state index in [-0.39, 0.29) is 11.9 Å². The zero-order chi connectivity index (χ0) is 21.5. The minimum atomic E-state index is 0.000642. The Morgan fingerprint density at radius 1 is 1.00 bits per heavy atom. The average molecular weight is 415 g/mol. The molecule has 1 amide bonds. The van der Waals surface area contributed by atoms with Crippen LogP contribution >= 0.6 is 0 Å². The molecule has 3 aromatic heterocycles. The van der Waals surface area contributed by atoms with Gasteiger partial charge in [-0.1, -0.05) is 41.1 Å². The Morgan fingerprint density at radius 3 is 2.52 bits per heavy atom. The minimum Gasteiger partial charge on any atom is -0.347 e. The zero-order valence-corrected chi connectivity index (χ0v) is 18.1.